The van der Waals surface area contributed by atoms with Crippen LogP contribution in [0.15, 0.2) is 34.2 Å². The van der Waals surface area contributed by atoms with Gasteiger partial charge in [0.25, 0.3) is 0 Å². The Labute approximate surface area is 97.7 Å². The lowest BCUT2D eigenvalue weighted by molar-refractivity contribution is 1.29. The summed E-state index contributed by atoms with van der Waals surface area (Å²) in [6.45, 7) is 9.19. The monoisotopic (exact) mass is 237 g/mol. The number of para-hydroxylation sites is 1. The molecule has 1 aromatic rings. The van der Waals surface area contributed by atoms with Gasteiger partial charge in [-0.05, 0) is 18.6 Å². The van der Waals surface area contributed by atoms with E-state index in [2.05, 4.69) is 55.8 Å². The van der Waals surface area contributed by atoms with E-state index in [9.17, 15) is 0 Å². The number of nitrogens with zero attached hydrogens (tertiary/aromatic N) is 1. The van der Waals surface area contributed by atoms with Crippen molar-refractivity contribution in [2.75, 3.05) is 0 Å². The third kappa shape index (κ3) is 4.67. The molecule has 0 saturated heterocycles. The Hall–Kier alpha value is -0.543. The highest BCUT2D eigenvalue weighted by atomic mass is 32.4. The lowest BCUT2D eigenvalue weighted by Crippen LogP contribution is -2.13. The lowest BCUT2D eigenvalue weighted by Gasteiger charge is -2.16. The second-order valence-electron chi connectivity index (χ2n) is 4.40. The third-order valence-electron chi connectivity index (χ3n) is 1.69. The number of hydrogen-bond acceptors (Lipinski definition) is 2. The lowest BCUT2D eigenvalue weighted by atomic mass is 10.3. The maximum atomic E-state index is 4.49. The van der Waals surface area contributed by atoms with Gasteiger partial charge in [-0.2, -0.15) is 0 Å². The Morgan fingerprint density at radius 1 is 1.27 bits per heavy atom. The summed E-state index contributed by atoms with van der Waals surface area (Å²) in [5, 5.41) is 0. The van der Waals surface area contributed by atoms with E-state index in [1.54, 1.807) is 0 Å². The molecule has 0 atom stereocenters. The van der Waals surface area contributed by atoms with Crippen molar-refractivity contribution in [1.29, 1.82) is 0 Å². The van der Waals surface area contributed by atoms with Gasteiger partial charge in [-0.3, -0.25) is 4.99 Å². The predicted octanol–water partition coefficient (Wildman–Crippen LogP) is 4.73. The molecule has 0 aliphatic heterocycles. The van der Waals surface area contributed by atoms with Crippen LogP contribution in [0.2, 0.25) is 19.6 Å². The summed E-state index contributed by atoms with van der Waals surface area (Å²) in [5.74, 6) is 0. The van der Waals surface area contributed by atoms with Crippen molar-refractivity contribution < 1.29 is 0 Å². The summed E-state index contributed by atoms with van der Waals surface area (Å²) < 4.78 is 0. The molecule has 1 rings (SSSR count). The highest BCUT2D eigenvalue weighted by Gasteiger charge is 2.16. The van der Waals surface area contributed by atoms with Gasteiger partial charge in [0.15, 0.2) is 0 Å². The summed E-state index contributed by atoms with van der Waals surface area (Å²) in [6.07, 6.45) is 2.97. The summed E-state index contributed by atoms with van der Waals surface area (Å²) in [5.41, 5.74) is 1.12. The normalized spacial score (nSPS) is 12.3. The molecule has 0 aliphatic rings. The summed E-state index contributed by atoms with van der Waals surface area (Å²) >= 11 is 2.00. The van der Waals surface area contributed by atoms with Crippen LogP contribution in [0.5, 0.6) is 0 Å². The number of aliphatic imine (C=N–C) groups is 1. The molecule has 0 heterocycles. The zero-order valence-electron chi connectivity index (χ0n) is 9.95. The van der Waals surface area contributed by atoms with Crippen molar-refractivity contribution in [3.63, 3.8) is 0 Å². The van der Waals surface area contributed by atoms with Crippen molar-refractivity contribution >= 4 is 30.3 Å². The molecule has 1 aromatic carbocycles. The average molecular weight is 237 g/mol. The van der Waals surface area contributed by atoms with Crippen LogP contribution in [0.3, 0.4) is 0 Å². The molecule has 3 heteroatoms. The SMILES string of the molecule is CCC=Nc1ccccc1S[Si](C)(C)C. The van der Waals surface area contributed by atoms with Crippen LogP contribution in [-0.2, 0) is 0 Å². The van der Waals surface area contributed by atoms with Crippen LogP contribution in [-0.4, -0.2) is 13.4 Å². The molecule has 15 heavy (non-hydrogen) atoms. The zero-order chi connectivity index (χ0) is 11.3. The molecule has 0 aliphatic carbocycles. The van der Waals surface area contributed by atoms with Gasteiger partial charge in [0, 0.05) is 11.1 Å². The molecular weight excluding hydrogens is 218 g/mol. The quantitative estimate of drug-likeness (QED) is 0.545. The second-order valence-corrected chi connectivity index (χ2v) is 13.6. The molecule has 0 spiro atoms. The van der Waals surface area contributed by atoms with Gasteiger partial charge in [-0.1, -0.05) is 38.7 Å². The molecule has 0 amide bonds. The van der Waals surface area contributed by atoms with E-state index in [0.29, 0.717) is 0 Å². The maximum Gasteiger partial charge on any atom is 0.114 e. The van der Waals surface area contributed by atoms with Gasteiger partial charge >= 0.3 is 0 Å². The van der Waals surface area contributed by atoms with Gasteiger partial charge in [-0.15, -0.1) is 11.2 Å². The van der Waals surface area contributed by atoms with Crippen molar-refractivity contribution in [2.24, 2.45) is 4.99 Å². The van der Waals surface area contributed by atoms with Gasteiger partial charge in [0.2, 0.25) is 0 Å². The smallest absolute Gasteiger partial charge is 0.114 e. The van der Waals surface area contributed by atoms with E-state index >= 15 is 0 Å². The highest BCUT2D eigenvalue weighted by molar-refractivity contribution is 8.28. The Morgan fingerprint density at radius 2 is 1.93 bits per heavy atom. The van der Waals surface area contributed by atoms with Gasteiger partial charge < -0.3 is 0 Å². The molecule has 0 fully saturated rings. The molecule has 0 radical (unpaired) electrons. The highest BCUT2D eigenvalue weighted by Crippen LogP contribution is 2.35. The first-order chi connectivity index (χ1) is 7.03. The van der Waals surface area contributed by atoms with Crippen LogP contribution in [0.4, 0.5) is 5.69 Å². The molecule has 1 nitrogen and oxygen atoms in total. The Morgan fingerprint density at radius 3 is 2.53 bits per heavy atom. The Bertz CT molecular complexity index is 342. The fourth-order valence-electron chi connectivity index (χ4n) is 1.17. The van der Waals surface area contributed by atoms with Gasteiger partial charge in [-0.25, -0.2) is 0 Å². The third-order valence-corrected chi connectivity index (χ3v) is 5.37. The largest absolute Gasteiger partial charge is 0.260 e. The van der Waals surface area contributed by atoms with Crippen LogP contribution in [0, 0.1) is 0 Å². The average Bonchev–Trinajstić information content (AvgIpc) is 2.14. The number of rotatable bonds is 4. The van der Waals surface area contributed by atoms with Gasteiger partial charge in [0.05, 0.1) is 5.69 Å². The van der Waals surface area contributed by atoms with Crippen LogP contribution in [0.1, 0.15) is 13.3 Å². The number of hydrogen-bond donors (Lipinski definition) is 0. The summed E-state index contributed by atoms with van der Waals surface area (Å²) in [4.78, 5) is 5.81. The molecule has 0 aromatic heterocycles. The van der Waals surface area contributed by atoms with Crippen molar-refractivity contribution in [3.8, 4) is 0 Å². The topological polar surface area (TPSA) is 12.4 Å². The predicted molar refractivity (Wildman–Crippen MR) is 74.1 cm³/mol. The van der Waals surface area contributed by atoms with E-state index < -0.39 is 7.22 Å². The van der Waals surface area contributed by atoms with Crippen molar-refractivity contribution in [2.45, 2.75) is 37.9 Å². The summed E-state index contributed by atoms with van der Waals surface area (Å²) in [6, 6.07) is 8.41. The minimum Gasteiger partial charge on any atom is -0.260 e. The van der Waals surface area contributed by atoms with Crippen molar-refractivity contribution in [3.05, 3.63) is 24.3 Å². The molecular formula is C12H19NSSi. The molecule has 0 N–H and O–H groups in total. The molecule has 82 valence electrons. The first-order valence-corrected chi connectivity index (χ1v) is 10.4. The van der Waals surface area contributed by atoms with Crippen LogP contribution >= 0.6 is 11.2 Å². The summed E-state index contributed by atoms with van der Waals surface area (Å²) in [7, 11) is -1.13. The van der Waals surface area contributed by atoms with E-state index in [-0.39, 0.29) is 0 Å². The molecule has 0 bridgehead atoms. The van der Waals surface area contributed by atoms with E-state index in [1.165, 1.54) is 4.90 Å². The Balaban J connectivity index is 2.91. The maximum absolute atomic E-state index is 4.49. The van der Waals surface area contributed by atoms with E-state index in [0.717, 1.165) is 12.1 Å². The minimum atomic E-state index is -1.13. The first-order valence-electron chi connectivity index (χ1n) is 5.33. The van der Waals surface area contributed by atoms with E-state index in [1.807, 2.05) is 17.4 Å². The zero-order valence-corrected chi connectivity index (χ0v) is 11.8. The van der Waals surface area contributed by atoms with E-state index in [4.69, 9.17) is 0 Å². The fraction of sp³-hybridized carbons (Fsp3) is 0.417. The van der Waals surface area contributed by atoms with Crippen LogP contribution in [0.25, 0.3) is 0 Å². The van der Waals surface area contributed by atoms with Crippen LogP contribution < -0.4 is 0 Å². The van der Waals surface area contributed by atoms with Crippen molar-refractivity contribution in [1.82, 2.24) is 0 Å². The second kappa shape index (κ2) is 5.52. The fourth-order valence-corrected chi connectivity index (χ4v) is 4.70. The molecule has 0 saturated carbocycles. The molecule has 0 unspecified atom stereocenters. The number of benzene rings is 1. The van der Waals surface area contributed by atoms with Gasteiger partial charge in [0.1, 0.15) is 7.22 Å². The first kappa shape index (κ1) is 12.5. The minimum absolute atomic E-state index is 0.992. The standard InChI is InChI=1S/C12H19NSSi/c1-5-10-13-11-8-6-7-9-12(11)14-15(2,3)4/h6-10H,5H2,1-4H3. The Kier molecular flexibility index (Phi) is 4.61.